The van der Waals surface area contributed by atoms with Gasteiger partial charge in [0.15, 0.2) is 9.84 Å². The third-order valence-electron chi connectivity index (χ3n) is 6.37. The number of imide groups is 1. The topological polar surface area (TPSA) is 135 Å². The molecule has 0 atom stereocenters. The summed E-state index contributed by atoms with van der Waals surface area (Å²) in [7, 11) is -2.92. The fourth-order valence-electron chi connectivity index (χ4n) is 4.39. The Morgan fingerprint density at radius 3 is 2.53 bits per heavy atom. The second kappa shape index (κ2) is 10.6. The van der Waals surface area contributed by atoms with Gasteiger partial charge in [0.25, 0.3) is 5.91 Å². The number of nitrogens with zero attached hydrogens (tertiary/aromatic N) is 2. The molecule has 11 heteroatoms. The molecule has 2 N–H and O–H groups in total. The molecule has 190 valence electrons. The molecular formula is C25H27N3O7S. The van der Waals surface area contributed by atoms with Crippen LogP contribution in [0, 0.1) is 5.41 Å². The molecule has 3 aromatic rings. The minimum absolute atomic E-state index is 0.0133. The zero-order valence-corrected chi connectivity index (χ0v) is 20.5. The molecule has 1 aliphatic heterocycles. The number of hydrogen-bond donors (Lipinski definition) is 2. The number of rotatable bonds is 7. The molecule has 2 heterocycles. The van der Waals surface area contributed by atoms with Crippen molar-refractivity contribution in [2.75, 3.05) is 26.0 Å². The maximum atomic E-state index is 13.3. The molecular weight excluding hydrogens is 486 g/mol. The number of aromatic nitrogens is 1. The molecule has 0 bridgehead atoms. The van der Waals surface area contributed by atoms with E-state index in [4.69, 9.17) is 4.74 Å². The van der Waals surface area contributed by atoms with Gasteiger partial charge in [-0.15, -0.1) is 5.06 Å². The highest BCUT2D eigenvalue weighted by molar-refractivity contribution is 7.91. The predicted octanol–water partition coefficient (Wildman–Crippen LogP) is 2.94. The van der Waals surface area contributed by atoms with Crippen LogP contribution in [-0.4, -0.2) is 61.6 Å². The Morgan fingerprint density at radius 2 is 1.83 bits per heavy atom. The van der Waals surface area contributed by atoms with E-state index in [1.165, 1.54) is 12.1 Å². The number of carbonyl (C=O) groups excluding carboxylic acids is 2. The highest BCUT2D eigenvalue weighted by atomic mass is 32.2. The number of amides is 2. The SMILES string of the molecule is COC(=O)N(O)C(=O)C1(CS(=O)(=O)c2ccc(OCc3cccc4cnccc34)cc2)CCNCC1. The highest BCUT2D eigenvalue weighted by Crippen LogP contribution is 2.35. The van der Waals surface area contributed by atoms with Crippen LogP contribution < -0.4 is 10.1 Å². The normalized spacial score (nSPS) is 15.3. The summed E-state index contributed by atoms with van der Waals surface area (Å²) >= 11 is 0. The highest BCUT2D eigenvalue weighted by Gasteiger charge is 2.47. The molecule has 1 aromatic heterocycles. The number of methoxy groups -OCH3 is 1. The molecule has 1 aliphatic rings. The zero-order valence-electron chi connectivity index (χ0n) is 19.7. The lowest BCUT2D eigenvalue weighted by Gasteiger charge is -2.36. The summed E-state index contributed by atoms with van der Waals surface area (Å²) < 4.78 is 36.8. The molecule has 2 aromatic carbocycles. The smallest absolute Gasteiger partial charge is 0.441 e. The number of nitrogens with one attached hydrogen (secondary N) is 1. The van der Waals surface area contributed by atoms with Crippen molar-refractivity contribution in [2.45, 2.75) is 24.3 Å². The molecule has 0 aliphatic carbocycles. The van der Waals surface area contributed by atoms with Crippen molar-refractivity contribution in [3.8, 4) is 5.75 Å². The predicted molar refractivity (Wildman–Crippen MR) is 130 cm³/mol. The van der Waals surface area contributed by atoms with Crippen LogP contribution in [0.1, 0.15) is 18.4 Å². The molecule has 0 unspecified atom stereocenters. The minimum Gasteiger partial charge on any atom is -0.489 e. The third-order valence-corrected chi connectivity index (χ3v) is 8.29. The van der Waals surface area contributed by atoms with Crippen LogP contribution in [0.15, 0.2) is 65.8 Å². The van der Waals surface area contributed by atoms with E-state index in [2.05, 4.69) is 15.0 Å². The van der Waals surface area contributed by atoms with E-state index in [1.54, 1.807) is 24.5 Å². The van der Waals surface area contributed by atoms with Gasteiger partial charge in [0.05, 0.1) is 23.2 Å². The number of ether oxygens (including phenoxy) is 2. The maximum Gasteiger partial charge on any atom is 0.441 e. The van der Waals surface area contributed by atoms with E-state index in [0.717, 1.165) is 23.4 Å². The quantitative estimate of drug-likeness (QED) is 0.361. The largest absolute Gasteiger partial charge is 0.489 e. The van der Waals surface area contributed by atoms with Crippen LogP contribution in [0.25, 0.3) is 10.8 Å². The number of piperidine rings is 1. The first-order chi connectivity index (χ1) is 17.3. The molecule has 0 saturated carbocycles. The summed E-state index contributed by atoms with van der Waals surface area (Å²) in [5, 5.41) is 14.9. The fourth-order valence-corrected chi connectivity index (χ4v) is 6.24. The Morgan fingerprint density at radius 1 is 1.11 bits per heavy atom. The van der Waals surface area contributed by atoms with E-state index in [1.807, 2.05) is 24.3 Å². The first kappa shape index (κ1) is 25.5. The summed E-state index contributed by atoms with van der Waals surface area (Å²) in [6.07, 6.45) is 2.51. The van der Waals surface area contributed by atoms with Gasteiger partial charge in [-0.2, -0.15) is 0 Å². The van der Waals surface area contributed by atoms with Gasteiger partial charge in [-0.3, -0.25) is 15.0 Å². The molecule has 1 fully saturated rings. The maximum absolute atomic E-state index is 13.3. The number of fused-ring (bicyclic) bond motifs is 1. The van der Waals surface area contributed by atoms with E-state index in [-0.39, 0.29) is 29.4 Å². The third kappa shape index (κ3) is 5.32. The Kier molecular flexibility index (Phi) is 7.53. The lowest BCUT2D eigenvalue weighted by atomic mass is 9.80. The summed E-state index contributed by atoms with van der Waals surface area (Å²) in [6, 6.07) is 13.7. The Balaban J connectivity index is 1.50. The van der Waals surface area contributed by atoms with Crippen LogP contribution in [-0.2, 0) is 26.0 Å². The molecule has 2 amide bonds. The van der Waals surface area contributed by atoms with Crippen LogP contribution in [0.4, 0.5) is 4.79 Å². The number of pyridine rings is 1. The van der Waals surface area contributed by atoms with E-state index in [9.17, 15) is 23.2 Å². The summed E-state index contributed by atoms with van der Waals surface area (Å²) in [5.74, 6) is -1.07. The van der Waals surface area contributed by atoms with Gasteiger partial charge in [0.2, 0.25) is 0 Å². The second-order valence-electron chi connectivity index (χ2n) is 8.65. The van der Waals surface area contributed by atoms with E-state index >= 15 is 0 Å². The van der Waals surface area contributed by atoms with Crippen molar-refractivity contribution in [3.05, 3.63) is 66.5 Å². The molecule has 0 spiro atoms. The van der Waals surface area contributed by atoms with Crippen LogP contribution in [0.3, 0.4) is 0 Å². The van der Waals surface area contributed by atoms with Crippen molar-refractivity contribution in [3.63, 3.8) is 0 Å². The van der Waals surface area contributed by atoms with Crippen molar-refractivity contribution in [1.82, 2.24) is 15.4 Å². The van der Waals surface area contributed by atoms with Crippen molar-refractivity contribution >= 4 is 32.6 Å². The van der Waals surface area contributed by atoms with Gasteiger partial charge in [0, 0.05) is 17.8 Å². The Labute approximate surface area is 208 Å². The first-order valence-corrected chi connectivity index (χ1v) is 13.0. The molecule has 0 radical (unpaired) electrons. The van der Waals surface area contributed by atoms with Crippen LogP contribution in [0.5, 0.6) is 5.75 Å². The van der Waals surface area contributed by atoms with Gasteiger partial charge in [-0.25, -0.2) is 13.2 Å². The standard InChI is InChI=1S/C25H27N3O7S/c1-34-24(30)28(31)23(29)25(10-13-26-14-11-25)17-36(32,33)21-7-5-20(6-8-21)35-16-19-4-2-3-18-15-27-12-9-22(18)19/h2-9,12,15,26,31H,10-11,13-14,16-17H2,1H3. The summed E-state index contributed by atoms with van der Waals surface area (Å²) in [5.41, 5.74) is -0.497. The molecule has 10 nitrogen and oxygen atoms in total. The number of benzene rings is 2. The second-order valence-corrected chi connectivity index (χ2v) is 10.6. The van der Waals surface area contributed by atoms with Crippen LogP contribution >= 0.6 is 0 Å². The van der Waals surface area contributed by atoms with Crippen LogP contribution in [0.2, 0.25) is 0 Å². The van der Waals surface area contributed by atoms with Crippen molar-refractivity contribution in [1.29, 1.82) is 0 Å². The van der Waals surface area contributed by atoms with E-state index < -0.39 is 33.0 Å². The number of hydroxylamine groups is 2. The molecule has 36 heavy (non-hydrogen) atoms. The number of carbonyl (C=O) groups is 2. The lowest BCUT2D eigenvalue weighted by molar-refractivity contribution is -0.168. The molecule has 1 saturated heterocycles. The summed E-state index contributed by atoms with van der Waals surface area (Å²) in [4.78, 5) is 28.8. The first-order valence-electron chi connectivity index (χ1n) is 11.4. The average Bonchev–Trinajstić information content (AvgIpc) is 2.91. The van der Waals surface area contributed by atoms with Gasteiger partial charge >= 0.3 is 6.09 Å². The van der Waals surface area contributed by atoms with Gasteiger partial charge in [-0.1, -0.05) is 18.2 Å². The molecule has 4 rings (SSSR count). The zero-order chi connectivity index (χ0) is 25.8. The van der Waals surface area contributed by atoms with E-state index in [0.29, 0.717) is 18.8 Å². The number of sulfone groups is 1. The fraction of sp³-hybridized carbons (Fsp3) is 0.320. The van der Waals surface area contributed by atoms with Gasteiger partial charge < -0.3 is 14.8 Å². The summed E-state index contributed by atoms with van der Waals surface area (Å²) in [6.45, 7) is 1.03. The Bertz CT molecular complexity index is 1350. The minimum atomic E-state index is -3.94. The average molecular weight is 514 g/mol. The lowest BCUT2D eigenvalue weighted by Crippen LogP contribution is -2.53. The monoisotopic (exact) mass is 513 g/mol. The van der Waals surface area contributed by atoms with Gasteiger partial charge in [-0.05, 0) is 67.2 Å². The Hall–Kier alpha value is -3.54. The van der Waals surface area contributed by atoms with Gasteiger partial charge in [0.1, 0.15) is 12.4 Å². The number of hydrogen-bond acceptors (Lipinski definition) is 9. The van der Waals surface area contributed by atoms with Crippen molar-refractivity contribution < 1.29 is 32.7 Å². The van der Waals surface area contributed by atoms with Crippen molar-refractivity contribution in [2.24, 2.45) is 5.41 Å².